The van der Waals surface area contributed by atoms with Crippen LogP contribution >= 0.6 is 23.2 Å². The second-order valence-electron chi connectivity index (χ2n) is 6.06. The largest absolute Gasteiger partial charge is 0.495 e. The fraction of sp³-hybridized carbons (Fsp3) is 0.438. The fourth-order valence-electron chi connectivity index (χ4n) is 4.27. The SMILES string of the molecule is COc1ccc2c(c1Cl)C[C@]13CC[C@H](C1)C(=O)C(Cl)=C23. The third-order valence-electron chi connectivity index (χ3n) is 5.16. The van der Waals surface area contributed by atoms with Crippen LogP contribution < -0.4 is 4.74 Å². The summed E-state index contributed by atoms with van der Waals surface area (Å²) in [7, 11) is 1.62. The van der Waals surface area contributed by atoms with Crippen LogP contribution in [-0.2, 0) is 11.2 Å². The molecule has 0 N–H and O–H groups in total. The molecule has 4 rings (SSSR count). The van der Waals surface area contributed by atoms with Crippen LogP contribution in [0.5, 0.6) is 5.75 Å². The zero-order chi connectivity index (χ0) is 14.1. The monoisotopic (exact) mass is 308 g/mol. The number of carbonyl (C=O) groups is 1. The second-order valence-corrected chi connectivity index (χ2v) is 6.81. The molecule has 4 heteroatoms. The molecule has 2 bridgehead atoms. The summed E-state index contributed by atoms with van der Waals surface area (Å²) in [5, 5.41) is 1.11. The zero-order valence-corrected chi connectivity index (χ0v) is 12.6. The van der Waals surface area contributed by atoms with Crippen molar-refractivity contribution in [2.75, 3.05) is 7.11 Å². The number of benzene rings is 1. The Morgan fingerprint density at radius 3 is 2.90 bits per heavy atom. The van der Waals surface area contributed by atoms with Gasteiger partial charge in [-0.3, -0.25) is 4.79 Å². The molecular weight excluding hydrogens is 295 g/mol. The molecule has 0 aromatic heterocycles. The lowest BCUT2D eigenvalue weighted by molar-refractivity contribution is -0.118. The maximum absolute atomic E-state index is 12.3. The van der Waals surface area contributed by atoms with Crippen LogP contribution in [0, 0.1) is 11.3 Å². The zero-order valence-electron chi connectivity index (χ0n) is 11.1. The van der Waals surface area contributed by atoms with Crippen molar-refractivity contribution in [3.63, 3.8) is 0 Å². The van der Waals surface area contributed by atoms with Gasteiger partial charge in [-0.15, -0.1) is 0 Å². The highest BCUT2D eigenvalue weighted by molar-refractivity contribution is 6.47. The summed E-state index contributed by atoms with van der Waals surface area (Å²) in [4.78, 5) is 12.3. The minimum atomic E-state index is 0.0357. The van der Waals surface area contributed by atoms with Crippen LogP contribution in [0.3, 0.4) is 0 Å². The van der Waals surface area contributed by atoms with Gasteiger partial charge in [-0.1, -0.05) is 29.3 Å². The number of ketones is 1. The molecule has 1 aromatic carbocycles. The van der Waals surface area contributed by atoms with E-state index < -0.39 is 0 Å². The van der Waals surface area contributed by atoms with Crippen LogP contribution in [-0.4, -0.2) is 12.9 Å². The standard InChI is InChI=1S/C16H14Cl2O2/c1-20-11-3-2-9-10(13(11)17)7-16-5-4-8(6-16)15(19)14(18)12(9)16/h2-3,8H,4-7H2,1H3/t8-,16+/m1/s1. The first kappa shape index (κ1) is 12.7. The van der Waals surface area contributed by atoms with Gasteiger partial charge in [0.1, 0.15) is 5.75 Å². The fourth-order valence-corrected chi connectivity index (χ4v) is 5.03. The van der Waals surface area contributed by atoms with Crippen molar-refractivity contribution >= 4 is 34.6 Å². The van der Waals surface area contributed by atoms with Gasteiger partial charge in [0.2, 0.25) is 0 Å². The highest BCUT2D eigenvalue weighted by Crippen LogP contribution is 2.63. The van der Waals surface area contributed by atoms with Gasteiger partial charge in [-0.2, -0.15) is 0 Å². The van der Waals surface area contributed by atoms with Crippen molar-refractivity contribution in [1.82, 2.24) is 0 Å². The highest BCUT2D eigenvalue weighted by atomic mass is 35.5. The first-order valence-corrected chi connectivity index (χ1v) is 7.63. The van der Waals surface area contributed by atoms with Crippen LogP contribution in [0.4, 0.5) is 0 Å². The normalized spacial score (nSPS) is 30.6. The number of fused-ring (bicyclic) bond motifs is 3. The third kappa shape index (κ3) is 1.39. The average Bonchev–Trinajstić information content (AvgIpc) is 2.98. The van der Waals surface area contributed by atoms with E-state index in [-0.39, 0.29) is 17.1 Å². The van der Waals surface area contributed by atoms with Gasteiger partial charge >= 0.3 is 0 Å². The Morgan fingerprint density at radius 1 is 1.35 bits per heavy atom. The summed E-state index contributed by atoms with van der Waals surface area (Å²) < 4.78 is 5.30. The minimum absolute atomic E-state index is 0.0357. The number of rotatable bonds is 1. The maximum Gasteiger partial charge on any atom is 0.177 e. The summed E-state index contributed by atoms with van der Waals surface area (Å²) >= 11 is 12.9. The molecule has 0 saturated heterocycles. The number of hydrogen-bond acceptors (Lipinski definition) is 2. The van der Waals surface area contributed by atoms with Crippen molar-refractivity contribution in [3.8, 4) is 5.75 Å². The molecule has 3 aliphatic rings. The predicted molar refractivity (Wildman–Crippen MR) is 79.3 cm³/mol. The number of ether oxygens (including phenoxy) is 1. The molecule has 1 aromatic rings. The van der Waals surface area contributed by atoms with Crippen molar-refractivity contribution in [1.29, 1.82) is 0 Å². The summed E-state index contributed by atoms with van der Waals surface area (Å²) in [5.74, 6) is 0.925. The van der Waals surface area contributed by atoms with Gasteiger partial charge in [0, 0.05) is 11.3 Å². The summed E-state index contributed by atoms with van der Waals surface area (Å²) in [6.45, 7) is 0. The summed E-state index contributed by atoms with van der Waals surface area (Å²) in [6, 6.07) is 3.86. The van der Waals surface area contributed by atoms with E-state index in [0.717, 1.165) is 42.4 Å². The Balaban J connectivity index is 1.99. The summed E-state index contributed by atoms with van der Waals surface area (Å²) in [5.41, 5.74) is 3.22. The van der Waals surface area contributed by atoms with E-state index in [4.69, 9.17) is 27.9 Å². The van der Waals surface area contributed by atoms with E-state index in [1.165, 1.54) is 0 Å². The molecule has 104 valence electrons. The minimum Gasteiger partial charge on any atom is -0.495 e. The lowest BCUT2D eigenvalue weighted by Gasteiger charge is -2.30. The Kier molecular flexibility index (Phi) is 2.56. The Hall–Kier alpha value is -0.990. The third-order valence-corrected chi connectivity index (χ3v) is 5.95. The van der Waals surface area contributed by atoms with Gasteiger partial charge < -0.3 is 4.74 Å². The molecule has 20 heavy (non-hydrogen) atoms. The van der Waals surface area contributed by atoms with Crippen molar-refractivity contribution < 1.29 is 9.53 Å². The van der Waals surface area contributed by atoms with Crippen molar-refractivity contribution in [2.45, 2.75) is 25.7 Å². The van der Waals surface area contributed by atoms with Gasteiger partial charge in [-0.05, 0) is 48.4 Å². The van der Waals surface area contributed by atoms with Crippen LogP contribution in [0.15, 0.2) is 17.2 Å². The molecular formula is C16H14Cl2O2. The predicted octanol–water partition coefficient (Wildman–Crippen LogP) is 4.22. The molecule has 0 heterocycles. The second kappa shape index (κ2) is 4.02. The molecule has 2 nitrogen and oxygen atoms in total. The summed E-state index contributed by atoms with van der Waals surface area (Å²) in [6.07, 6.45) is 3.78. The van der Waals surface area contributed by atoms with E-state index in [1.807, 2.05) is 12.1 Å². The van der Waals surface area contributed by atoms with E-state index in [1.54, 1.807) is 7.11 Å². The van der Waals surface area contributed by atoms with Crippen LogP contribution in [0.25, 0.3) is 5.57 Å². The first-order chi connectivity index (χ1) is 9.57. The van der Waals surface area contributed by atoms with Gasteiger partial charge in [-0.25, -0.2) is 0 Å². The molecule has 1 fully saturated rings. The van der Waals surface area contributed by atoms with E-state index in [9.17, 15) is 4.79 Å². The Bertz CT molecular complexity index is 677. The highest BCUT2D eigenvalue weighted by Gasteiger charge is 2.54. The molecule has 3 aliphatic carbocycles. The number of carbonyl (C=O) groups excluding carboxylic acids is 1. The topological polar surface area (TPSA) is 26.3 Å². The van der Waals surface area contributed by atoms with Gasteiger partial charge in [0.25, 0.3) is 0 Å². The van der Waals surface area contributed by atoms with E-state index in [2.05, 4.69) is 0 Å². The molecule has 0 amide bonds. The van der Waals surface area contributed by atoms with Gasteiger partial charge in [0.15, 0.2) is 5.78 Å². The lowest BCUT2D eigenvalue weighted by atomic mass is 9.74. The number of Topliss-reactive ketones (excluding diaryl/α,β-unsaturated/α-hetero) is 1. The average molecular weight is 309 g/mol. The van der Waals surface area contributed by atoms with Crippen LogP contribution in [0.2, 0.25) is 5.02 Å². The maximum atomic E-state index is 12.3. The Morgan fingerprint density at radius 2 is 2.15 bits per heavy atom. The van der Waals surface area contributed by atoms with Crippen LogP contribution in [0.1, 0.15) is 30.4 Å². The number of methoxy groups -OCH3 is 1. The van der Waals surface area contributed by atoms with E-state index in [0.29, 0.717) is 15.8 Å². The van der Waals surface area contributed by atoms with Crippen molar-refractivity contribution in [3.05, 3.63) is 33.3 Å². The first-order valence-electron chi connectivity index (χ1n) is 6.87. The molecule has 0 unspecified atom stereocenters. The lowest BCUT2D eigenvalue weighted by Crippen LogP contribution is -2.25. The molecule has 1 spiro atoms. The molecule has 0 radical (unpaired) electrons. The number of halogens is 2. The number of allylic oxidation sites excluding steroid dienone is 2. The quantitative estimate of drug-likeness (QED) is 0.776. The van der Waals surface area contributed by atoms with E-state index >= 15 is 0 Å². The number of hydrogen-bond donors (Lipinski definition) is 0. The molecule has 2 atom stereocenters. The molecule has 1 saturated carbocycles. The van der Waals surface area contributed by atoms with Gasteiger partial charge in [0.05, 0.1) is 17.2 Å². The molecule has 0 aliphatic heterocycles. The Labute approximate surface area is 127 Å². The smallest absolute Gasteiger partial charge is 0.177 e. The van der Waals surface area contributed by atoms with Crippen molar-refractivity contribution in [2.24, 2.45) is 11.3 Å².